The van der Waals surface area contributed by atoms with Crippen LogP contribution in [0.5, 0.6) is 5.75 Å². The van der Waals surface area contributed by atoms with Gasteiger partial charge in [0.05, 0.1) is 16.2 Å². The number of rotatable bonds is 4. The first kappa shape index (κ1) is 15.0. The second-order valence-electron chi connectivity index (χ2n) is 4.30. The smallest absolute Gasteiger partial charge is 0.343 e. The number of hydrogen-bond acceptors (Lipinski definition) is 4. The molecule has 0 saturated carbocycles. The first-order valence-electron chi connectivity index (χ1n) is 6.17. The van der Waals surface area contributed by atoms with Crippen LogP contribution in [-0.2, 0) is 0 Å². The van der Waals surface area contributed by atoms with Crippen LogP contribution >= 0.6 is 0 Å². The zero-order chi connectivity index (χ0) is 16.1. The summed E-state index contributed by atoms with van der Waals surface area (Å²) >= 11 is 0. The highest BCUT2D eigenvalue weighted by Crippen LogP contribution is 2.18. The van der Waals surface area contributed by atoms with Gasteiger partial charge in [-0.3, -0.25) is 21.6 Å². The molecule has 0 saturated heterocycles. The number of esters is 1. The van der Waals surface area contributed by atoms with Crippen molar-refractivity contribution in [3.63, 3.8) is 0 Å². The maximum absolute atomic E-state index is 11.9. The Hall–Kier alpha value is -3.42. The van der Waals surface area contributed by atoms with E-state index in [1.165, 1.54) is 24.3 Å². The van der Waals surface area contributed by atoms with E-state index in [0.717, 1.165) is 0 Å². The number of nitrogens with two attached hydrogens (primary N) is 2. The summed E-state index contributed by atoms with van der Waals surface area (Å²) in [6, 6.07) is 11.5. The molecule has 112 valence electrons. The molecule has 0 heterocycles. The average molecular weight is 301 g/mol. The highest BCUT2D eigenvalue weighted by molar-refractivity contribution is 5.91. The van der Waals surface area contributed by atoms with Crippen LogP contribution in [-0.4, -0.2) is 16.9 Å². The van der Waals surface area contributed by atoms with Gasteiger partial charge in [-0.1, -0.05) is 0 Å². The van der Waals surface area contributed by atoms with Gasteiger partial charge in [-0.2, -0.15) is 0 Å². The van der Waals surface area contributed by atoms with Crippen molar-refractivity contribution < 1.29 is 19.4 Å². The highest BCUT2D eigenvalue weighted by Gasteiger charge is 2.10. The number of hydrogen-bond donors (Lipinski definition) is 3. The van der Waals surface area contributed by atoms with E-state index in [0.29, 0.717) is 11.3 Å². The van der Waals surface area contributed by atoms with Crippen molar-refractivity contribution in [1.29, 1.82) is 0 Å². The fourth-order valence-electron chi connectivity index (χ4n) is 1.66. The Morgan fingerprint density at radius 1 is 1.05 bits per heavy atom. The highest BCUT2D eigenvalue weighted by atomic mass is 16.6. The molecule has 0 aliphatic carbocycles. The molecule has 2 aromatic carbocycles. The van der Waals surface area contributed by atoms with E-state index >= 15 is 0 Å². The SMILES string of the molecule is NC(N)=[NH+]c1ccc(C(=O)Oc2ccc([N+](=O)[O-])cc2)cc1. The van der Waals surface area contributed by atoms with E-state index in [-0.39, 0.29) is 17.4 Å². The largest absolute Gasteiger partial charge is 0.423 e. The second kappa shape index (κ2) is 6.35. The molecule has 2 aromatic rings. The molecule has 0 radical (unpaired) electrons. The molecule has 0 aliphatic rings. The zero-order valence-corrected chi connectivity index (χ0v) is 11.4. The number of non-ortho nitro benzene ring substituents is 1. The number of ether oxygens (including phenoxy) is 1. The van der Waals surface area contributed by atoms with Crippen LogP contribution in [0.25, 0.3) is 0 Å². The molecule has 22 heavy (non-hydrogen) atoms. The van der Waals surface area contributed by atoms with Crippen LogP contribution < -0.4 is 21.2 Å². The maximum Gasteiger partial charge on any atom is 0.343 e. The zero-order valence-electron chi connectivity index (χ0n) is 11.4. The molecule has 5 N–H and O–H groups in total. The lowest BCUT2D eigenvalue weighted by molar-refractivity contribution is -0.384. The van der Waals surface area contributed by atoms with Crippen molar-refractivity contribution in [2.45, 2.75) is 0 Å². The lowest BCUT2D eigenvalue weighted by atomic mass is 10.2. The van der Waals surface area contributed by atoms with E-state index in [4.69, 9.17) is 16.2 Å². The van der Waals surface area contributed by atoms with Gasteiger partial charge in [-0.15, -0.1) is 0 Å². The van der Waals surface area contributed by atoms with Crippen LogP contribution in [0.3, 0.4) is 0 Å². The van der Waals surface area contributed by atoms with Gasteiger partial charge in [0.1, 0.15) is 5.75 Å². The van der Waals surface area contributed by atoms with Crippen LogP contribution in [0, 0.1) is 10.1 Å². The molecule has 8 heteroatoms. The number of nitrogens with zero attached hydrogens (tertiary/aromatic N) is 1. The summed E-state index contributed by atoms with van der Waals surface area (Å²) in [6.07, 6.45) is 0. The maximum atomic E-state index is 11.9. The van der Waals surface area contributed by atoms with Gasteiger partial charge >= 0.3 is 11.9 Å². The molecule has 0 aliphatic heterocycles. The summed E-state index contributed by atoms with van der Waals surface area (Å²) in [6.45, 7) is 0. The molecule has 0 fully saturated rings. The number of nitro benzene ring substituents is 1. The molecule has 0 atom stereocenters. The fourth-order valence-corrected chi connectivity index (χ4v) is 1.66. The van der Waals surface area contributed by atoms with Crippen LogP contribution in [0.15, 0.2) is 48.5 Å². The van der Waals surface area contributed by atoms with Gasteiger partial charge in [-0.25, -0.2) is 9.79 Å². The topological polar surface area (TPSA) is 135 Å². The van der Waals surface area contributed by atoms with Crippen molar-refractivity contribution in [3.05, 3.63) is 64.2 Å². The van der Waals surface area contributed by atoms with Gasteiger partial charge in [0.2, 0.25) is 0 Å². The summed E-state index contributed by atoms with van der Waals surface area (Å²) in [5.74, 6) is -0.316. The number of benzene rings is 2. The lowest BCUT2D eigenvalue weighted by Gasteiger charge is -2.04. The van der Waals surface area contributed by atoms with Gasteiger partial charge < -0.3 is 4.74 Å². The molecular formula is C14H13N4O4+. The van der Waals surface area contributed by atoms with Crippen molar-refractivity contribution in [1.82, 2.24) is 0 Å². The summed E-state index contributed by atoms with van der Waals surface area (Å²) in [5, 5.41) is 10.5. The Labute approximate surface area is 125 Å². The van der Waals surface area contributed by atoms with Crippen LogP contribution in [0.2, 0.25) is 0 Å². The monoisotopic (exact) mass is 301 g/mol. The quantitative estimate of drug-likeness (QED) is 0.179. The number of nitro groups is 1. The summed E-state index contributed by atoms with van der Waals surface area (Å²) in [7, 11) is 0. The van der Waals surface area contributed by atoms with Crippen LogP contribution in [0.4, 0.5) is 11.4 Å². The normalized spacial score (nSPS) is 9.82. The first-order valence-corrected chi connectivity index (χ1v) is 6.17. The fraction of sp³-hybridized carbons (Fsp3) is 0. The molecular weight excluding hydrogens is 288 g/mol. The third-order valence-electron chi connectivity index (χ3n) is 2.67. The predicted octanol–water partition coefficient (Wildman–Crippen LogP) is -0.200. The summed E-state index contributed by atoms with van der Waals surface area (Å²) < 4.78 is 5.12. The minimum Gasteiger partial charge on any atom is -0.423 e. The number of carbonyl (C=O) groups is 1. The third-order valence-corrected chi connectivity index (χ3v) is 2.67. The molecule has 0 amide bonds. The summed E-state index contributed by atoms with van der Waals surface area (Å²) in [4.78, 5) is 24.6. The van der Waals surface area contributed by atoms with E-state index in [9.17, 15) is 14.9 Å². The first-order chi connectivity index (χ1) is 10.5. The Bertz CT molecular complexity index is 720. The van der Waals surface area contributed by atoms with Crippen molar-refractivity contribution in [3.8, 4) is 5.75 Å². The lowest BCUT2D eigenvalue weighted by Crippen LogP contribution is -2.72. The van der Waals surface area contributed by atoms with E-state index in [1.54, 1.807) is 24.3 Å². The Morgan fingerprint density at radius 3 is 2.14 bits per heavy atom. The van der Waals surface area contributed by atoms with Crippen molar-refractivity contribution in [2.24, 2.45) is 11.5 Å². The average Bonchev–Trinajstić information content (AvgIpc) is 2.48. The minimum atomic E-state index is -0.579. The van der Waals surface area contributed by atoms with E-state index in [2.05, 4.69) is 4.99 Å². The molecule has 0 unspecified atom stereocenters. The van der Waals surface area contributed by atoms with Crippen LogP contribution in [0.1, 0.15) is 10.4 Å². The molecule has 8 nitrogen and oxygen atoms in total. The van der Waals surface area contributed by atoms with Gasteiger partial charge in [-0.05, 0) is 36.4 Å². The number of guanidine groups is 1. The van der Waals surface area contributed by atoms with E-state index < -0.39 is 10.9 Å². The van der Waals surface area contributed by atoms with Crippen molar-refractivity contribution >= 4 is 23.3 Å². The second-order valence-corrected chi connectivity index (χ2v) is 4.30. The number of carbonyl (C=O) groups excluding carboxylic acids is 1. The van der Waals surface area contributed by atoms with Gasteiger partial charge in [0.15, 0.2) is 0 Å². The molecule has 0 spiro atoms. The molecule has 0 bridgehead atoms. The predicted molar refractivity (Wildman–Crippen MR) is 78.5 cm³/mol. The standard InChI is InChI=1S/C14H12N4O4/c15-14(16)17-10-3-1-9(2-4-10)13(19)22-12-7-5-11(6-8-12)18(20)21/h1-8H,(H4,15,16,17)/p+1. The van der Waals surface area contributed by atoms with E-state index in [1.807, 2.05) is 0 Å². The van der Waals surface area contributed by atoms with Crippen molar-refractivity contribution in [2.75, 3.05) is 0 Å². The Morgan fingerprint density at radius 2 is 1.64 bits per heavy atom. The molecule has 0 aromatic heterocycles. The Balaban J connectivity index is 2.08. The van der Waals surface area contributed by atoms with Gasteiger partial charge in [0, 0.05) is 12.1 Å². The Kier molecular flexibility index (Phi) is 4.33. The molecule has 2 rings (SSSR count). The minimum absolute atomic E-state index is 0.0428. The summed E-state index contributed by atoms with van der Waals surface area (Å²) in [5.41, 5.74) is 11.5. The third kappa shape index (κ3) is 3.79. The van der Waals surface area contributed by atoms with Gasteiger partial charge in [0.25, 0.3) is 5.69 Å². The number of nitrogens with one attached hydrogen (secondary N) is 1.